The Balaban J connectivity index is 1.26. The molecule has 4 aliphatic rings. The van der Waals surface area contributed by atoms with Crippen molar-refractivity contribution >= 4 is 23.7 Å². The van der Waals surface area contributed by atoms with Crippen LogP contribution in [0, 0.1) is 11.8 Å². The third-order valence-corrected chi connectivity index (χ3v) is 7.07. The lowest BCUT2D eigenvalue weighted by atomic mass is 10.0. The molecule has 0 aromatic heterocycles. The second-order valence-corrected chi connectivity index (χ2v) is 8.82. The molecule has 3 heterocycles. The minimum absolute atomic E-state index is 0.0351. The first-order chi connectivity index (χ1) is 12.5. The fraction of sp³-hybridized carbons (Fsp3) is 0.889. The molecule has 4 rings (SSSR count). The van der Waals surface area contributed by atoms with E-state index in [1.54, 1.807) is 9.32 Å². The monoisotopic (exact) mass is 383 g/mol. The molecular weight excluding hydrogens is 354 g/mol. The van der Waals surface area contributed by atoms with Gasteiger partial charge in [-0.3, -0.25) is 4.79 Å². The van der Waals surface area contributed by atoms with E-state index >= 15 is 0 Å². The number of fused-ring (bicyclic) bond motifs is 1. The second kappa shape index (κ2) is 7.52. The van der Waals surface area contributed by atoms with E-state index in [1.807, 2.05) is 9.80 Å². The van der Waals surface area contributed by atoms with Crippen LogP contribution >= 0.6 is 11.8 Å². The van der Waals surface area contributed by atoms with Crippen molar-refractivity contribution in [1.29, 1.82) is 0 Å². The molecule has 3 aliphatic heterocycles. The zero-order valence-electron chi connectivity index (χ0n) is 15.4. The SMILES string of the molecule is N[C@@H]1CCCN1C(=O)CN(Cl)[C@@H]1C[C@@H]2CN(C(=O)N3CCCC3)C[C@@H]2C1. The molecule has 26 heavy (non-hydrogen) atoms. The number of carbonyl (C=O) groups excluding carboxylic acids is 2. The summed E-state index contributed by atoms with van der Waals surface area (Å²) < 4.78 is 1.69. The van der Waals surface area contributed by atoms with Gasteiger partial charge in [0.2, 0.25) is 5.91 Å². The van der Waals surface area contributed by atoms with Crippen LogP contribution in [0.15, 0.2) is 0 Å². The van der Waals surface area contributed by atoms with Crippen LogP contribution in [-0.2, 0) is 4.79 Å². The first-order valence-corrected chi connectivity index (χ1v) is 10.4. The van der Waals surface area contributed by atoms with Crippen molar-refractivity contribution in [3.05, 3.63) is 0 Å². The fourth-order valence-electron chi connectivity index (χ4n) is 5.21. The minimum Gasteiger partial charge on any atom is -0.326 e. The molecule has 0 aromatic rings. The number of amides is 3. The predicted molar refractivity (Wildman–Crippen MR) is 99.3 cm³/mol. The molecule has 0 aromatic carbocycles. The van der Waals surface area contributed by atoms with E-state index in [0.717, 1.165) is 71.2 Å². The highest BCUT2D eigenvalue weighted by Gasteiger charge is 2.45. The van der Waals surface area contributed by atoms with Crippen molar-refractivity contribution in [2.24, 2.45) is 17.6 Å². The number of hydrogen-bond donors (Lipinski definition) is 1. The lowest BCUT2D eigenvalue weighted by Crippen LogP contribution is -2.46. The van der Waals surface area contributed by atoms with E-state index in [4.69, 9.17) is 17.5 Å². The lowest BCUT2D eigenvalue weighted by Gasteiger charge is -2.28. The molecule has 0 bridgehead atoms. The zero-order valence-corrected chi connectivity index (χ0v) is 16.1. The highest BCUT2D eigenvalue weighted by atomic mass is 35.5. The topological polar surface area (TPSA) is 73.1 Å². The van der Waals surface area contributed by atoms with Crippen LogP contribution in [0.2, 0.25) is 0 Å². The first-order valence-electron chi connectivity index (χ1n) is 10.0. The van der Waals surface area contributed by atoms with Gasteiger partial charge in [-0.15, -0.1) is 0 Å². The van der Waals surface area contributed by atoms with Crippen LogP contribution in [0.3, 0.4) is 0 Å². The Morgan fingerprint density at radius 1 is 1.00 bits per heavy atom. The van der Waals surface area contributed by atoms with Gasteiger partial charge in [0.25, 0.3) is 0 Å². The van der Waals surface area contributed by atoms with Crippen molar-refractivity contribution in [3.8, 4) is 0 Å². The Labute approximate surface area is 160 Å². The van der Waals surface area contributed by atoms with Crippen LogP contribution in [0.4, 0.5) is 4.79 Å². The van der Waals surface area contributed by atoms with Gasteiger partial charge >= 0.3 is 6.03 Å². The summed E-state index contributed by atoms with van der Waals surface area (Å²) in [6.07, 6.45) is 5.90. The standard InChI is InChI=1S/C18H30ClN5O2/c19-24(12-17(25)23-7-3-4-16(23)20)15-8-13-10-22(11-14(13)9-15)18(26)21-5-1-2-6-21/h13-16H,1-12,20H2/t13-,14+,15-,16-/m0/s1. The van der Waals surface area contributed by atoms with Crippen molar-refractivity contribution in [2.75, 3.05) is 39.3 Å². The number of carbonyl (C=O) groups is 2. The molecule has 0 unspecified atom stereocenters. The summed E-state index contributed by atoms with van der Waals surface area (Å²) in [4.78, 5) is 30.8. The van der Waals surface area contributed by atoms with E-state index in [0.29, 0.717) is 11.8 Å². The molecule has 0 spiro atoms. The Kier molecular flexibility index (Phi) is 5.30. The maximum Gasteiger partial charge on any atom is 0.320 e. The summed E-state index contributed by atoms with van der Waals surface area (Å²) in [5, 5.41) is 0. The minimum atomic E-state index is -0.152. The van der Waals surface area contributed by atoms with Gasteiger partial charge in [-0.2, -0.15) is 0 Å². The van der Waals surface area contributed by atoms with E-state index in [1.165, 1.54) is 0 Å². The van der Waals surface area contributed by atoms with Gasteiger partial charge in [0.15, 0.2) is 0 Å². The molecule has 3 amide bonds. The third-order valence-electron chi connectivity index (χ3n) is 6.68. The van der Waals surface area contributed by atoms with Crippen molar-refractivity contribution < 1.29 is 9.59 Å². The maximum absolute atomic E-state index is 12.6. The van der Waals surface area contributed by atoms with Gasteiger partial charge in [0.05, 0.1) is 12.7 Å². The van der Waals surface area contributed by atoms with E-state index in [-0.39, 0.29) is 30.7 Å². The molecule has 8 heteroatoms. The van der Waals surface area contributed by atoms with Gasteiger partial charge in [-0.05, 0) is 62.1 Å². The van der Waals surface area contributed by atoms with Crippen LogP contribution in [0.1, 0.15) is 38.5 Å². The Morgan fingerprint density at radius 3 is 2.23 bits per heavy atom. The molecule has 4 atom stereocenters. The van der Waals surface area contributed by atoms with Crippen molar-refractivity contribution in [2.45, 2.75) is 50.7 Å². The number of nitrogens with two attached hydrogens (primary N) is 1. The average Bonchev–Trinajstić information content (AvgIpc) is 3.37. The third kappa shape index (κ3) is 3.53. The van der Waals surface area contributed by atoms with E-state index in [9.17, 15) is 9.59 Å². The number of halogens is 1. The molecule has 0 radical (unpaired) electrons. The van der Waals surface area contributed by atoms with Crippen LogP contribution in [-0.4, -0.2) is 82.5 Å². The van der Waals surface area contributed by atoms with Crippen LogP contribution in [0.25, 0.3) is 0 Å². The predicted octanol–water partition coefficient (Wildman–Crippen LogP) is 1.28. The Morgan fingerprint density at radius 2 is 1.65 bits per heavy atom. The van der Waals surface area contributed by atoms with Crippen LogP contribution < -0.4 is 5.73 Å². The molecule has 3 saturated heterocycles. The Bertz CT molecular complexity index is 542. The number of hydrogen-bond acceptors (Lipinski definition) is 4. The summed E-state index contributed by atoms with van der Waals surface area (Å²) in [6.45, 7) is 4.47. The molecule has 146 valence electrons. The average molecular weight is 384 g/mol. The van der Waals surface area contributed by atoms with Crippen molar-refractivity contribution in [3.63, 3.8) is 0 Å². The number of likely N-dealkylation sites (tertiary alicyclic amines) is 3. The summed E-state index contributed by atoms with van der Waals surface area (Å²) in [5.41, 5.74) is 5.98. The lowest BCUT2D eigenvalue weighted by molar-refractivity contribution is -0.132. The molecule has 1 aliphatic carbocycles. The maximum atomic E-state index is 12.6. The molecule has 1 saturated carbocycles. The summed E-state index contributed by atoms with van der Waals surface area (Å²) >= 11 is 6.48. The number of nitrogens with zero attached hydrogens (tertiary/aromatic N) is 4. The summed E-state index contributed by atoms with van der Waals surface area (Å²) in [6, 6.07) is 0.438. The van der Waals surface area contributed by atoms with Crippen molar-refractivity contribution in [1.82, 2.24) is 19.1 Å². The van der Waals surface area contributed by atoms with Gasteiger partial charge in [-0.1, -0.05) is 0 Å². The van der Waals surface area contributed by atoms with Gasteiger partial charge in [0, 0.05) is 38.8 Å². The van der Waals surface area contributed by atoms with Gasteiger partial charge in [-0.25, -0.2) is 9.21 Å². The van der Waals surface area contributed by atoms with Crippen LogP contribution in [0.5, 0.6) is 0 Å². The highest BCUT2D eigenvalue weighted by molar-refractivity contribution is 6.14. The smallest absolute Gasteiger partial charge is 0.320 e. The first kappa shape index (κ1) is 18.3. The largest absolute Gasteiger partial charge is 0.326 e. The van der Waals surface area contributed by atoms with E-state index < -0.39 is 0 Å². The quantitative estimate of drug-likeness (QED) is 0.745. The molecule has 2 N–H and O–H groups in total. The molecule has 7 nitrogen and oxygen atoms in total. The molecular formula is C18H30ClN5O2. The normalized spacial score (nSPS) is 34.2. The molecule has 4 fully saturated rings. The number of urea groups is 1. The zero-order chi connectivity index (χ0) is 18.3. The van der Waals surface area contributed by atoms with Gasteiger partial charge < -0.3 is 20.4 Å². The van der Waals surface area contributed by atoms with Gasteiger partial charge in [0.1, 0.15) is 0 Å². The number of rotatable bonds is 3. The fourth-order valence-corrected chi connectivity index (χ4v) is 5.47. The Hall–Kier alpha value is -1.05. The summed E-state index contributed by atoms with van der Waals surface area (Å²) in [5.74, 6) is 1.06. The second-order valence-electron chi connectivity index (χ2n) is 8.38. The highest BCUT2D eigenvalue weighted by Crippen LogP contribution is 2.41. The summed E-state index contributed by atoms with van der Waals surface area (Å²) in [7, 11) is 0. The van der Waals surface area contributed by atoms with E-state index in [2.05, 4.69) is 0 Å².